The molecule has 0 spiro atoms. The van der Waals surface area contributed by atoms with Crippen LogP contribution in [-0.4, -0.2) is 32.2 Å². The molecule has 1 aromatic rings. The third-order valence-corrected chi connectivity index (χ3v) is 4.66. The smallest absolute Gasteiger partial charge is 0.175 e. The first-order chi connectivity index (χ1) is 8.43. The van der Waals surface area contributed by atoms with Crippen LogP contribution >= 0.6 is 11.8 Å². The lowest BCUT2D eigenvalue weighted by Gasteiger charge is -2.15. The van der Waals surface area contributed by atoms with Crippen LogP contribution in [0.5, 0.6) is 0 Å². The van der Waals surface area contributed by atoms with Crippen molar-refractivity contribution in [3.05, 3.63) is 24.3 Å². The summed E-state index contributed by atoms with van der Waals surface area (Å²) in [5.41, 5.74) is 0.969. The van der Waals surface area contributed by atoms with Crippen molar-refractivity contribution in [2.75, 3.05) is 23.1 Å². The van der Waals surface area contributed by atoms with Gasteiger partial charge in [-0.2, -0.15) is 11.8 Å². The van der Waals surface area contributed by atoms with E-state index in [2.05, 4.69) is 19.2 Å². The molecule has 102 valence electrons. The van der Waals surface area contributed by atoms with Crippen molar-refractivity contribution in [1.82, 2.24) is 0 Å². The molecule has 5 heteroatoms. The molecule has 1 unspecified atom stereocenters. The Kier molecular flexibility index (Phi) is 6.02. The molecule has 0 aliphatic carbocycles. The molecule has 3 nitrogen and oxygen atoms in total. The van der Waals surface area contributed by atoms with Crippen LogP contribution in [0.2, 0.25) is 0 Å². The molecule has 0 aliphatic rings. The number of benzene rings is 1. The topological polar surface area (TPSA) is 46.2 Å². The van der Waals surface area contributed by atoms with E-state index in [-0.39, 0.29) is 0 Å². The predicted octanol–water partition coefficient (Wildman–Crippen LogP) is 3.03. The summed E-state index contributed by atoms with van der Waals surface area (Å²) in [6.07, 6.45) is 2.33. The standard InChI is InChI=1S/C13H21NO2S2/c1-4-17-10-9-11(2)14-12-5-7-13(8-6-12)18(3,15)16/h5-8,11,14H,4,9-10H2,1-3H3. The van der Waals surface area contributed by atoms with Crippen LogP contribution in [0.1, 0.15) is 20.3 Å². The second kappa shape index (κ2) is 7.04. The van der Waals surface area contributed by atoms with Gasteiger partial charge in [0.25, 0.3) is 0 Å². The fourth-order valence-electron chi connectivity index (χ4n) is 1.56. The van der Waals surface area contributed by atoms with Gasteiger partial charge in [-0.1, -0.05) is 6.92 Å². The van der Waals surface area contributed by atoms with E-state index in [9.17, 15) is 8.42 Å². The SMILES string of the molecule is CCSCCC(C)Nc1ccc(S(C)(=O)=O)cc1. The molecule has 0 amide bonds. The van der Waals surface area contributed by atoms with E-state index >= 15 is 0 Å². The first-order valence-corrected chi connectivity index (χ1v) is 9.12. The van der Waals surface area contributed by atoms with Crippen molar-refractivity contribution in [3.63, 3.8) is 0 Å². The Hall–Kier alpha value is -0.680. The molecular weight excluding hydrogens is 266 g/mol. The zero-order valence-corrected chi connectivity index (χ0v) is 12.8. The van der Waals surface area contributed by atoms with Crippen molar-refractivity contribution in [1.29, 1.82) is 0 Å². The summed E-state index contributed by atoms with van der Waals surface area (Å²) in [6.45, 7) is 4.30. The fraction of sp³-hybridized carbons (Fsp3) is 0.538. The van der Waals surface area contributed by atoms with Gasteiger partial charge in [0, 0.05) is 18.0 Å². The minimum atomic E-state index is -3.10. The van der Waals surface area contributed by atoms with E-state index in [4.69, 9.17) is 0 Å². The number of anilines is 1. The van der Waals surface area contributed by atoms with E-state index in [1.807, 2.05) is 23.9 Å². The van der Waals surface area contributed by atoms with Crippen molar-refractivity contribution in [3.8, 4) is 0 Å². The van der Waals surface area contributed by atoms with E-state index in [1.54, 1.807) is 12.1 Å². The lowest BCUT2D eigenvalue weighted by atomic mass is 10.2. The molecule has 0 saturated carbocycles. The maximum Gasteiger partial charge on any atom is 0.175 e. The second-order valence-electron chi connectivity index (χ2n) is 4.33. The highest BCUT2D eigenvalue weighted by Gasteiger charge is 2.07. The zero-order chi connectivity index (χ0) is 13.6. The summed E-state index contributed by atoms with van der Waals surface area (Å²) in [5, 5.41) is 3.37. The lowest BCUT2D eigenvalue weighted by Crippen LogP contribution is -2.16. The molecule has 18 heavy (non-hydrogen) atoms. The molecule has 1 aromatic carbocycles. The number of rotatable bonds is 7. The van der Waals surface area contributed by atoms with Gasteiger partial charge in [0.05, 0.1) is 4.90 Å². The lowest BCUT2D eigenvalue weighted by molar-refractivity contribution is 0.602. The molecule has 1 rings (SSSR count). The molecule has 0 aliphatic heterocycles. The van der Waals surface area contributed by atoms with Crippen molar-refractivity contribution in [2.45, 2.75) is 31.2 Å². The maximum atomic E-state index is 11.3. The summed E-state index contributed by atoms with van der Waals surface area (Å²) in [5.74, 6) is 2.29. The number of hydrogen-bond acceptors (Lipinski definition) is 4. The molecule has 0 aromatic heterocycles. The van der Waals surface area contributed by atoms with E-state index in [0.717, 1.165) is 23.6 Å². The fourth-order valence-corrected chi connectivity index (χ4v) is 3.00. The molecular formula is C13H21NO2S2. The van der Waals surface area contributed by atoms with Crippen LogP contribution in [0.25, 0.3) is 0 Å². The van der Waals surface area contributed by atoms with Gasteiger partial charge < -0.3 is 5.32 Å². The third-order valence-electron chi connectivity index (χ3n) is 2.59. The second-order valence-corrected chi connectivity index (χ2v) is 7.74. The Morgan fingerprint density at radius 1 is 1.28 bits per heavy atom. The van der Waals surface area contributed by atoms with Crippen LogP contribution in [0.3, 0.4) is 0 Å². The van der Waals surface area contributed by atoms with Crippen LogP contribution in [0.15, 0.2) is 29.2 Å². The average Bonchev–Trinajstić information content (AvgIpc) is 2.29. The van der Waals surface area contributed by atoms with Gasteiger partial charge in [-0.05, 0) is 49.1 Å². The Morgan fingerprint density at radius 3 is 2.39 bits per heavy atom. The van der Waals surface area contributed by atoms with E-state index in [0.29, 0.717) is 10.9 Å². The normalized spacial score (nSPS) is 13.3. The van der Waals surface area contributed by atoms with Gasteiger partial charge in [0.1, 0.15) is 0 Å². The van der Waals surface area contributed by atoms with Crippen molar-refractivity contribution in [2.24, 2.45) is 0 Å². The number of sulfone groups is 1. The van der Waals surface area contributed by atoms with Crippen LogP contribution in [-0.2, 0) is 9.84 Å². The minimum Gasteiger partial charge on any atom is -0.383 e. The predicted molar refractivity (Wildman–Crippen MR) is 80.3 cm³/mol. The minimum absolute atomic E-state index is 0.363. The highest BCUT2D eigenvalue weighted by molar-refractivity contribution is 7.99. The summed E-state index contributed by atoms with van der Waals surface area (Å²) >= 11 is 1.93. The molecule has 0 saturated heterocycles. The monoisotopic (exact) mass is 287 g/mol. The molecule has 0 radical (unpaired) electrons. The Morgan fingerprint density at radius 2 is 1.89 bits per heavy atom. The summed E-state index contributed by atoms with van der Waals surface area (Å²) in [7, 11) is -3.10. The van der Waals surface area contributed by atoms with Crippen molar-refractivity contribution >= 4 is 27.3 Å². The Bertz CT molecular complexity index is 454. The quantitative estimate of drug-likeness (QED) is 0.783. The molecule has 0 bridgehead atoms. The molecule has 1 atom stereocenters. The van der Waals surface area contributed by atoms with Gasteiger partial charge in [-0.25, -0.2) is 8.42 Å². The van der Waals surface area contributed by atoms with Gasteiger partial charge in [-0.15, -0.1) is 0 Å². The Labute approximate surface area is 114 Å². The first kappa shape index (κ1) is 15.4. The summed E-state index contributed by atoms with van der Waals surface area (Å²) in [6, 6.07) is 7.32. The van der Waals surface area contributed by atoms with Gasteiger partial charge >= 0.3 is 0 Å². The molecule has 1 N–H and O–H groups in total. The highest BCUT2D eigenvalue weighted by Crippen LogP contribution is 2.16. The van der Waals surface area contributed by atoms with Crippen LogP contribution in [0, 0.1) is 0 Å². The number of hydrogen-bond donors (Lipinski definition) is 1. The van der Waals surface area contributed by atoms with Crippen LogP contribution < -0.4 is 5.32 Å². The first-order valence-electron chi connectivity index (χ1n) is 6.08. The van der Waals surface area contributed by atoms with Crippen LogP contribution in [0.4, 0.5) is 5.69 Å². The van der Waals surface area contributed by atoms with E-state index in [1.165, 1.54) is 6.26 Å². The number of nitrogens with one attached hydrogen (secondary N) is 1. The summed E-state index contributed by atoms with van der Waals surface area (Å²) < 4.78 is 22.6. The highest BCUT2D eigenvalue weighted by atomic mass is 32.2. The third kappa shape index (κ3) is 5.31. The average molecular weight is 287 g/mol. The largest absolute Gasteiger partial charge is 0.383 e. The van der Waals surface area contributed by atoms with Gasteiger partial charge in [0.15, 0.2) is 9.84 Å². The van der Waals surface area contributed by atoms with Gasteiger partial charge in [0.2, 0.25) is 0 Å². The maximum absolute atomic E-state index is 11.3. The van der Waals surface area contributed by atoms with E-state index < -0.39 is 9.84 Å². The Balaban J connectivity index is 2.53. The summed E-state index contributed by atoms with van der Waals surface area (Å²) in [4.78, 5) is 0.363. The molecule has 0 fully saturated rings. The van der Waals surface area contributed by atoms with Crippen molar-refractivity contribution < 1.29 is 8.42 Å². The van der Waals surface area contributed by atoms with Gasteiger partial charge in [-0.3, -0.25) is 0 Å². The molecule has 0 heterocycles. The zero-order valence-electron chi connectivity index (χ0n) is 11.1. The number of thioether (sulfide) groups is 1.